The van der Waals surface area contributed by atoms with Crippen LogP contribution in [-0.2, 0) is 11.3 Å². The molecule has 1 saturated heterocycles. The number of benzene rings is 3. The standard InChI is InChI=1S/C32H30ClN7O2S/c1-19-10-11-26-24(16-19)28-29(39(26)18-21-6-5-7-22(33)17-21)35-31(37-36-28)43-20(2)30(41)38-14-12-23(13-15-38)40-27-9-4-3-8-25(27)34-32(40)42/h3-11,16-17,20,23H,12-15,18H2,1-2H3,(H,34,42). The van der Waals surface area contributed by atoms with E-state index in [2.05, 4.69) is 44.9 Å². The predicted molar refractivity (Wildman–Crippen MR) is 171 cm³/mol. The van der Waals surface area contributed by atoms with E-state index >= 15 is 0 Å². The maximum atomic E-state index is 13.5. The van der Waals surface area contributed by atoms with Gasteiger partial charge in [0.05, 0.1) is 21.8 Å². The number of thioether (sulfide) groups is 1. The zero-order valence-electron chi connectivity index (χ0n) is 23.8. The fourth-order valence-electron chi connectivity index (χ4n) is 6.13. The molecular weight excluding hydrogens is 582 g/mol. The first-order chi connectivity index (χ1) is 20.9. The number of halogens is 1. The van der Waals surface area contributed by atoms with E-state index in [0.717, 1.165) is 57.1 Å². The molecule has 1 atom stereocenters. The summed E-state index contributed by atoms with van der Waals surface area (Å²) in [6, 6.07) is 21.9. The molecule has 7 rings (SSSR count). The van der Waals surface area contributed by atoms with Gasteiger partial charge in [0.15, 0.2) is 5.65 Å². The largest absolute Gasteiger partial charge is 0.342 e. The molecule has 1 amide bonds. The zero-order valence-corrected chi connectivity index (χ0v) is 25.4. The molecule has 1 aliphatic rings. The number of hydrogen-bond donors (Lipinski definition) is 1. The molecule has 0 bridgehead atoms. The summed E-state index contributed by atoms with van der Waals surface area (Å²) in [5, 5.41) is 10.8. The van der Waals surface area contributed by atoms with Crippen LogP contribution in [0.25, 0.3) is 33.1 Å². The van der Waals surface area contributed by atoms with Crippen molar-refractivity contribution in [3.8, 4) is 0 Å². The lowest BCUT2D eigenvalue weighted by Crippen LogP contribution is -2.43. The fourth-order valence-corrected chi connectivity index (χ4v) is 7.14. The number of imidazole rings is 1. The molecule has 6 aromatic rings. The minimum absolute atomic E-state index is 0.0357. The van der Waals surface area contributed by atoms with Crippen LogP contribution in [0.5, 0.6) is 0 Å². The third-order valence-electron chi connectivity index (χ3n) is 8.23. The summed E-state index contributed by atoms with van der Waals surface area (Å²) in [5.74, 6) is 0.0357. The minimum Gasteiger partial charge on any atom is -0.342 e. The summed E-state index contributed by atoms with van der Waals surface area (Å²) in [6.45, 7) is 5.70. The van der Waals surface area contributed by atoms with E-state index in [4.69, 9.17) is 16.6 Å². The van der Waals surface area contributed by atoms with Gasteiger partial charge >= 0.3 is 5.69 Å². The van der Waals surface area contributed by atoms with Crippen molar-refractivity contribution < 1.29 is 4.79 Å². The van der Waals surface area contributed by atoms with Gasteiger partial charge in [-0.05, 0) is 68.7 Å². The second kappa shape index (κ2) is 11.2. The van der Waals surface area contributed by atoms with Crippen LogP contribution in [0.15, 0.2) is 76.7 Å². The summed E-state index contributed by atoms with van der Waals surface area (Å²) in [5.41, 5.74) is 6.31. The van der Waals surface area contributed by atoms with Crippen LogP contribution in [0.2, 0.25) is 5.02 Å². The highest BCUT2D eigenvalue weighted by molar-refractivity contribution is 8.00. The number of aromatic nitrogens is 6. The quantitative estimate of drug-likeness (QED) is 0.233. The molecule has 4 heterocycles. The van der Waals surface area contributed by atoms with Gasteiger partial charge in [-0.3, -0.25) is 9.36 Å². The number of nitrogens with zero attached hydrogens (tertiary/aromatic N) is 6. The molecule has 0 radical (unpaired) electrons. The molecular formula is C32H30ClN7O2S. The molecule has 9 nitrogen and oxygen atoms in total. The maximum Gasteiger partial charge on any atom is 0.326 e. The molecule has 1 aliphatic heterocycles. The third kappa shape index (κ3) is 5.19. The highest BCUT2D eigenvalue weighted by atomic mass is 35.5. The number of aromatic amines is 1. The zero-order chi connectivity index (χ0) is 29.7. The second-order valence-corrected chi connectivity index (χ2v) is 12.9. The van der Waals surface area contributed by atoms with Crippen molar-refractivity contribution in [1.29, 1.82) is 0 Å². The van der Waals surface area contributed by atoms with Crippen molar-refractivity contribution in [1.82, 2.24) is 34.2 Å². The van der Waals surface area contributed by atoms with Crippen LogP contribution in [0, 0.1) is 6.92 Å². The number of carbonyl (C=O) groups excluding carboxylic acids is 1. The molecule has 3 aromatic heterocycles. The SMILES string of the molecule is Cc1ccc2c(c1)c1nnc(SC(C)C(=O)N3CCC(n4c(=O)[nH]c5ccccc54)CC3)nc1n2Cc1cccc(Cl)c1. The van der Waals surface area contributed by atoms with E-state index in [9.17, 15) is 9.59 Å². The third-order valence-corrected chi connectivity index (χ3v) is 9.40. The summed E-state index contributed by atoms with van der Waals surface area (Å²) < 4.78 is 3.98. The number of para-hydroxylation sites is 2. The van der Waals surface area contributed by atoms with Crippen LogP contribution >= 0.6 is 23.4 Å². The molecule has 3 aromatic carbocycles. The molecule has 218 valence electrons. The number of rotatable bonds is 6. The van der Waals surface area contributed by atoms with Crippen LogP contribution in [0.1, 0.15) is 36.9 Å². The maximum absolute atomic E-state index is 13.5. The van der Waals surface area contributed by atoms with Gasteiger partial charge in [0.1, 0.15) is 5.52 Å². The Kier molecular flexibility index (Phi) is 7.18. The molecule has 0 aliphatic carbocycles. The number of likely N-dealkylation sites (tertiary alicyclic amines) is 1. The van der Waals surface area contributed by atoms with Gasteiger partial charge in [-0.2, -0.15) is 0 Å². The molecule has 0 spiro atoms. The second-order valence-electron chi connectivity index (χ2n) is 11.1. The first-order valence-corrected chi connectivity index (χ1v) is 15.6. The van der Waals surface area contributed by atoms with E-state index in [1.165, 1.54) is 11.8 Å². The fraction of sp³-hybridized carbons (Fsp3) is 0.281. The summed E-state index contributed by atoms with van der Waals surface area (Å²) in [7, 11) is 0. The Hall–Kier alpha value is -4.15. The predicted octanol–water partition coefficient (Wildman–Crippen LogP) is 5.98. The average molecular weight is 612 g/mol. The average Bonchev–Trinajstić information content (AvgIpc) is 3.50. The van der Waals surface area contributed by atoms with Crippen molar-refractivity contribution >= 4 is 62.4 Å². The molecule has 1 N–H and O–H groups in total. The first-order valence-electron chi connectivity index (χ1n) is 14.4. The minimum atomic E-state index is -0.389. The van der Waals surface area contributed by atoms with E-state index in [1.807, 2.05) is 64.9 Å². The number of carbonyl (C=O) groups is 1. The van der Waals surface area contributed by atoms with Gasteiger partial charge in [-0.15, -0.1) is 10.2 Å². The van der Waals surface area contributed by atoms with Gasteiger partial charge in [0.25, 0.3) is 0 Å². The Morgan fingerprint density at radius 2 is 1.86 bits per heavy atom. The van der Waals surface area contributed by atoms with Gasteiger partial charge in [0.2, 0.25) is 11.1 Å². The molecule has 1 fully saturated rings. The number of nitrogens with one attached hydrogen (secondary N) is 1. The van der Waals surface area contributed by atoms with Crippen molar-refractivity contribution in [2.75, 3.05) is 13.1 Å². The lowest BCUT2D eigenvalue weighted by atomic mass is 10.0. The number of fused-ring (bicyclic) bond motifs is 4. The number of H-pyrrole nitrogens is 1. The van der Waals surface area contributed by atoms with Gasteiger partial charge in [0, 0.05) is 36.1 Å². The van der Waals surface area contributed by atoms with E-state index in [1.54, 1.807) is 0 Å². The Morgan fingerprint density at radius 3 is 2.67 bits per heavy atom. The Balaban J connectivity index is 1.10. The highest BCUT2D eigenvalue weighted by Gasteiger charge is 2.29. The topological polar surface area (TPSA) is 102 Å². The Labute approximate surface area is 256 Å². The number of piperidine rings is 1. The van der Waals surface area contributed by atoms with Crippen LogP contribution in [-0.4, -0.2) is 58.4 Å². The molecule has 1 unspecified atom stereocenters. The van der Waals surface area contributed by atoms with Crippen LogP contribution in [0.4, 0.5) is 0 Å². The van der Waals surface area contributed by atoms with Gasteiger partial charge in [-0.1, -0.05) is 59.3 Å². The lowest BCUT2D eigenvalue weighted by molar-refractivity contribution is -0.131. The lowest BCUT2D eigenvalue weighted by Gasteiger charge is -2.33. The first kappa shape index (κ1) is 27.7. The highest BCUT2D eigenvalue weighted by Crippen LogP contribution is 2.31. The molecule has 43 heavy (non-hydrogen) atoms. The van der Waals surface area contributed by atoms with E-state index < -0.39 is 0 Å². The van der Waals surface area contributed by atoms with Crippen molar-refractivity contribution in [3.63, 3.8) is 0 Å². The van der Waals surface area contributed by atoms with Crippen LogP contribution < -0.4 is 5.69 Å². The van der Waals surface area contributed by atoms with Crippen LogP contribution in [0.3, 0.4) is 0 Å². The summed E-state index contributed by atoms with van der Waals surface area (Å²) >= 11 is 7.60. The van der Waals surface area contributed by atoms with Gasteiger partial charge < -0.3 is 14.5 Å². The monoisotopic (exact) mass is 611 g/mol. The molecule has 0 saturated carbocycles. The normalized spacial score (nSPS) is 15.1. The van der Waals surface area contributed by atoms with E-state index in [0.29, 0.717) is 29.8 Å². The smallest absolute Gasteiger partial charge is 0.326 e. The van der Waals surface area contributed by atoms with Gasteiger partial charge in [-0.25, -0.2) is 9.78 Å². The van der Waals surface area contributed by atoms with E-state index in [-0.39, 0.29) is 22.9 Å². The number of amides is 1. The molecule has 11 heteroatoms. The number of aryl methyl sites for hydroxylation is 1. The van der Waals surface area contributed by atoms with Crippen molar-refractivity contribution in [3.05, 3.63) is 93.4 Å². The van der Waals surface area contributed by atoms with Crippen molar-refractivity contribution in [2.24, 2.45) is 0 Å². The summed E-state index contributed by atoms with van der Waals surface area (Å²) in [6.07, 6.45) is 1.44. The Morgan fingerprint density at radius 1 is 1.05 bits per heavy atom. The summed E-state index contributed by atoms with van der Waals surface area (Å²) in [4.78, 5) is 35.9. The Bertz CT molecular complexity index is 2060. The van der Waals surface area contributed by atoms with Crippen molar-refractivity contribution in [2.45, 2.75) is 49.7 Å². The number of hydrogen-bond acceptors (Lipinski definition) is 6.